The number of β-amino-alcohol motifs (C(OH)–C–C–N with tert-alkyl or cyclic N) is 1. The molecular formula is C18H17FN4O2. The molecular weight excluding hydrogens is 323 g/mol. The Bertz CT molecular complexity index is 938. The molecule has 0 unspecified atom stereocenters. The molecule has 4 rings (SSSR count). The van der Waals surface area contributed by atoms with Crippen molar-refractivity contribution in [2.24, 2.45) is 7.05 Å². The molecule has 2 atom stereocenters. The van der Waals surface area contributed by atoms with Crippen LogP contribution in [0.3, 0.4) is 0 Å². The van der Waals surface area contributed by atoms with Gasteiger partial charge in [-0.05, 0) is 42.3 Å². The van der Waals surface area contributed by atoms with Crippen LogP contribution in [-0.4, -0.2) is 43.6 Å². The molecule has 0 bridgehead atoms. The van der Waals surface area contributed by atoms with Gasteiger partial charge in [0.15, 0.2) is 0 Å². The Labute approximate surface area is 143 Å². The molecule has 3 aromatic rings. The number of carbonyl (C=O) groups excluding carboxylic acids is 1. The predicted octanol–water partition coefficient (Wildman–Crippen LogP) is 2.06. The van der Waals surface area contributed by atoms with Gasteiger partial charge in [0.05, 0.1) is 17.7 Å². The van der Waals surface area contributed by atoms with Gasteiger partial charge in [0.1, 0.15) is 11.3 Å². The maximum atomic E-state index is 13.2. The molecule has 1 N–H and O–H groups in total. The van der Waals surface area contributed by atoms with Crippen LogP contribution < -0.4 is 0 Å². The Morgan fingerprint density at radius 3 is 2.76 bits per heavy atom. The van der Waals surface area contributed by atoms with Gasteiger partial charge in [0.2, 0.25) is 0 Å². The standard InChI is InChI=1S/C18H17FN4O2/c1-22-17-8-12(4-7-15(17)20-21-22)18(25)23-10-14(24)9-16(23)11-2-5-13(19)6-3-11/h2-8,14,16,24H,9-10H2,1H3/t14-,16-/m1/s1. The minimum absolute atomic E-state index is 0.172. The van der Waals surface area contributed by atoms with Crippen LogP contribution >= 0.6 is 0 Å². The quantitative estimate of drug-likeness (QED) is 0.775. The molecule has 128 valence electrons. The molecule has 2 heterocycles. The normalized spacial score (nSPS) is 20.4. The van der Waals surface area contributed by atoms with Crippen LogP contribution in [0, 0.1) is 5.82 Å². The van der Waals surface area contributed by atoms with E-state index in [2.05, 4.69) is 10.3 Å². The summed E-state index contributed by atoms with van der Waals surface area (Å²) in [6.07, 6.45) is -0.159. The second kappa shape index (κ2) is 5.93. The predicted molar refractivity (Wildman–Crippen MR) is 89.3 cm³/mol. The van der Waals surface area contributed by atoms with Crippen LogP contribution in [0.5, 0.6) is 0 Å². The highest BCUT2D eigenvalue weighted by molar-refractivity contribution is 5.97. The van der Waals surface area contributed by atoms with E-state index in [0.717, 1.165) is 16.6 Å². The van der Waals surface area contributed by atoms with Gasteiger partial charge >= 0.3 is 0 Å². The fourth-order valence-corrected chi connectivity index (χ4v) is 3.37. The topological polar surface area (TPSA) is 71.2 Å². The molecule has 1 amide bonds. The average molecular weight is 340 g/mol. The van der Waals surface area contributed by atoms with Crippen molar-refractivity contribution in [3.8, 4) is 0 Å². The summed E-state index contributed by atoms with van der Waals surface area (Å²) in [5, 5.41) is 18.0. The van der Waals surface area contributed by atoms with Gasteiger partial charge < -0.3 is 10.0 Å². The van der Waals surface area contributed by atoms with Crippen molar-refractivity contribution < 1.29 is 14.3 Å². The third kappa shape index (κ3) is 2.76. The van der Waals surface area contributed by atoms with Gasteiger partial charge in [0, 0.05) is 19.2 Å². The number of amides is 1. The molecule has 25 heavy (non-hydrogen) atoms. The molecule has 1 aliphatic rings. The molecule has 1 aliphatic heterocycles. The van der Waals surface area contributed by atoms with E-state index in [4.69, 9.17) is 0 Å². The van der Waals surface area contributed by atoms with Crippen molar-refractivity contribution >= 4 is 16.9 Å². The average Bonchev–Trinajstić information content (AvgIpc) is 3.18. The number of benzene rings is 2. The van der Waals surface area contributed by atoms with Crippen LogP contribution in [0.25, 0.3) is 11.0 Å². The number of carbonyl (C=O) groups is 1. The fourth-order valence-electron chi connectivity index (χ4n) is 3.37. The molecule has 0 spiro atoms. The Balaban J connectivity index is 1.68. The van der Waals surface area contributed by atoms with Crippen molar-refractivity contribution in [1.29, 1.82) is 0 Å². The maximum Gasteiger partial charge on any atom is 0.254 e. The lowest BCUT2D eigenvalue weighted by molar-refractivity contribution is 0.0716. The van der Waals surface area contributed by atoms with E-state index < -0.39 is 6.10 Å². The number of likely N-dealkylation sites (tertiary alicyclic amines) is 1. The van der Waals surface area contributed by atoms with Gasteiger partial charge in [-0.15, -0.1) is 5.10 Å². The van der Waals surface area contributed by atoms with E-state index in [1.807, 2.05) is 0 Å². The zero-order valence-corrected chi connectivity index (χ0v) is 13.6. The van der Waals surface area contributed by atoms with Crippen molar-refractivity contribution in [2.75, 3.05) is 6.54 Å². The Kier molecular flexibility index (Phi) is 3.73. The SMILES string of the molecule is Cn1nnc2ccc(C(=O)N3C[C@H](O)C[C@@H]3c3ccc(F)cc3)cc21. The summed E-state index contributed by atoms with van der Waals surface area (Å²) < 4.78 is 14.8. The maximum absolute atomic E-state index is 13.2. The lowest BCUT2D eigenvalue weighted by Crippen LogP contribution is -2.31. The first kappa shape index (κ1) is 15.7. The van der Waals surface area contributed by atoms with Crippen LogP contribution in [0.4, 0.5) is 4.39 Å². The summed E-state index contributed by atoms with van der Waals surface area (Å²) in [5.74, 6) is -0.497. The minimum Gasteiger partial charge on any atom is -0.391 e. The van der Waals surface area contributed by atoms with Crippen LogP contribution in [-0.2, 0) is 7.05 Å². The number of nitrogens with zero attached hydrogens (tertiary/aromatic N) is 4. The number of aliphatic hydroxyl groups excluding tert-OH is 1. The van der Waals surface area contributed by atoms with Gasteiger partial charge in [-0.25, -0.2) is 9.07 Å². The summed E-state index contributed by atoms with van der Waals surface area (Å²) in [6, 6.07) is 11.0. The number of halogens is 1. The number of aromatic nitrogens is 3. The Morgan fingerprint density at radius 1 is 1.24 bits per heavy atom. The number of hydrogen-bond acceptors (Lipinski definition) is 4. The van der Waals surface area contributed by atoms with E-state index >= 15 is 0 Å². The van der Waals surface area contributed by atoms with Gasteiger partial charge in [-0.2, -0.15) is 0 Å². The number of aliphatic hydroxyl groups is 1. The van der Waals surface area contributed by atoms with Gasteiger partial charge in [0.25, 0.3) is 5.91 Å². The first-order valence-corrected chi connectivity index (χ1v) is 8.07. The van der Waals surface area contributed by atoms with Crippen molar-refractivity contribution in [1.82, 2.24) is 19.9 Å². The lowest BCUT2D eigenvalue weighted by Gasteiger charge is -2.25. The fraction of sp³-hybridized carbons (Fsp3) is 0.278. The molecule has 0 saturated carbocycles. The summed E-state index contributed by atoms with van der Waals surface area (Å²) in [6.45, 7) is 0.253. The molecule has 1 fully saturated rings. The molecule has 1 saturated heterocycles. The number of fused-ring (bicyclic) bond motifs is 1. The Morgan fingerprint density at radius 2 is 2.00 bits per heavy atom. The van der Waals surface area contributed by atoms with Crippen molar-refractivity contribution in [2.45, 2.75) is 18.6 Å². The monoisotopic (exact) mass is 340 g/mol. The van der Waals surface area contributed by atoms with Crippen LogP contribution in [0.2, 0.25) is 0 Å². The zero-order valence-electron chi connectivity index (χ0n) is 13.6. The summed E-state index contributed by atoms with van der Waals surface area (Å²) in [7, 11) is 1.77. The van der Waals surface area contributed by atoms with E-state index in [9.17, 15) is 14.3 Å². The summed E-state index contributed by atoms with van der Waals surface area (Å²) >= 11 is 0. The Hall–Kier alpha value is -2.80. The smallest absolute Gasteiger partial charge is 0.254 e. The number of rotatable bonds is 2. The van der Waals surface area contributed by atoms with Crippen LogP contribution in [0.1, 0.15) is 28.4 Å². The lowest BCUT2D eigenvalue weighted by atomic mass is 10.0. The first-order chi connectivity index (χ1) is 12.0. The largest absolute Gasteiger partial charge is 0.391 e. The van der Waals surface area contributed by atoms with Gasteiger partial charge in [-0.1, -0.05) is 17.3 Å². The third-order valence-corrected chi connectivity index (χ3v) is 4.65. The minimum atomic E-state index is -0.596. The number of hydrogen-bond donors (Lipinski definition) is 1. The van der Waals surface area contributed by atoms with Crippen LogP contribution in [0.15, 0.2) is 42.5 Å². The molecule has 6 nitrogen and oxygen atoms in total. The number of aryl methyl sites for hydroxylation is 1. The van der Waals surface area contributed by atoms with Crippen molar-refractivity contribution in [3.05, 3.63) is 59.4 Å². The molecule has 1 aromatic heterocycles. The summed E-state index contributed by atoms with van der Waals surface area (Å²) in [4.78, 5) is 14.7. The molecule has 0 aliphatic carbocycles. The van der Waals surface area contributed by atoms with Gasteiger partial charge in [-0.3, -0.25) is 4.79 Å². The summed E-state index contributed by atoms with van der Waals surface area (Å²) in [5.41, 5.74) is 2.81. The molecule has 7 heteroatoms. The highest BCUT2D eigenvalue weighted by atomic mass is 19.1. The van der Waals surface area contributed by atoms with E-state index in [-0.39, 0.29) is 24.3 Å². The van der Waals surface area contributed by atoms with E-state index in [1.54, 1.807) is 47.0 Å². The highest BCUT2D eigenvalue weighted by Crippen LogP contribution is 2.33. The second-order valence-electron chi connectivity index (χ2n) is 6.33. The molecule has 2 aromatic carbocycles. The third-order valence-electron chi connectivity index (χ3n) is 4.65. The zero-order chi connectivity index (χ0) is 17.6. The first-order valence-electron chi connectivity index (χ1n) is 8.07. The highest BCUT2D eigenvalue weighted by Gasteiger charge is 2.35. The van der Waals surface area contributed by atoms with E-state index in [0.29, 0.717) is 12.0 Å². The van der Waals surface area contributed by atoms with E-state index in [1.165, 1.54) is 12.1 Å². The second-order valence-corrected chi connectivity index (χ2v) is 6.33. The molecule has 0 radical (unpaired) electrons. The van der Waals surface area contributed by atoms with Crippen molar-refractivity contribution in [3.63, 3.8) is 0 Å².